The lowest BCUT2D eigenvalue weighted by molar-refractivity contribution is -0.192. The van der Waals surface area contributed by atoms with Crippen molar-refractivity contribution in [3.8, 4) is 6.07 Å². The van der Waals surface area contributed by atoms with Gasteiger partial charge >= 0.3 is 12.1 Å². The Morgan fingerprint density at radius 3 is 2.53 bits per heavy atom. The van der Waals surface area contributed by atoms with E-state index in [9.17, 15) is 18.0 Å². The number of rotatable bonds is 4. The first-order valence-corrected chi connectivity index (χ1v) is 11.9. The molecule has 2 atom stereocenters. The van der Waals surface area contributed by atoms with Crippen LogP contribution in [0.4, 0.5) is 19.0 Å². The summed E-state index contributed by atoms with van der Waals surface area (Å²) in [5.41, 5.74) is 2.95. The second-order valence-electron chi connectivity index (χ2n) is 9.34. The topological polar surface area (TPSA) is 125 Å². The molecule has 9 nitrogen and oxygen atoms in total. The SMILES string of the molecule is Cc1cc(C)cc(C(=O)N2CCOC[C@]3(CC[C@@H](CNc4ccc(C#N)cn4)O3)C2)c1.O=C(O)C(F)(F)F. The van der Waals surface area contributed by atoms with Crippen LogP contribution in [0.1, 0.15) is 39.9 Å². The number of hydrogen-bond acceptors (Lipinski definition) is 7. The van der Waals surface area contributed by atoms with Gasteiger partial charge in [0.25, 0.3) is 5.91 Å². The minimum Gasteiger partial charge on any atom is -0.475 e. The minimum atomic E-state index is -5.08. The Morgan fingerprint density at radius 1 is 1.26 bits per heavy atom. The average Bonchev–Trinajstić information content (AvgIpc) is 3.14. The largest absolute Gasteiger partial charge is 0.490 e. The zero-order valence-electron chi connectivity index (χ0n) is 21.0. The fourth-order valence-electron chi connectivity index (χ4n) is 4.40. The molecule has 4 rings (SSSR count). The molecule has 3 heterocycles. The van der Waals surface area contributed by atoms with Crippen LogP contribution in [0.2, 0.25) is 0 Å². The molecule has 0 unspecified atom stereocenters. The number of nitrogens with one attached hydrogen (secondary N) is 1. The van der Waals surface area contributed by atoms with E-state index in [0.717, 1.165) is 29.5 Å². The Hall–Kier alpha value is -3.69. The number of carboxylic acids is 1. The number of alkyl halides is 3. The lowest BCUT2D eigenvalue weighted by Gasteiger charge is -2.32. The summed E-state index contributed by atoms with van der Waals surface area (Å²) in [6.07, 6.45) is -1.79. The number of hydrogen-bond donors (Lipinski definition) is 2. The summed E-state index contributed by atoms with van der Waals surface area (Å²) in [5, 5.41) is 19.3. The highest BCUT2D eigenvalue weighted by Crippen LogP contribution is 2.33. The van der Waals surface area contributed by atoms with Gasteiger partial charge in [-0.25, -0.2) is 9.78 Å². The van der Waals surface area contributed by atoms with E-state index in [1.54, 1.807) is 18.3 Å². The summed E-state index contributed by atoms with van der Waals surface area (Å²) in [5.74, 6) is -2.01. The van der Waals surface area contributed by atoms with Gasteiger partial charge in [-0.3, -0.25) is 4.79 Å². The first-order valence-electron chi connectivity index (χ1n) is 11.9. The van der Waals surface area contributed by atoms with Crippen molar-refractivity contribution in [2.75, 3.05) is 38.2 Å². The molecule has 1 aromatic carbocycles. The van der Waals surface area contributed by atoms with Crippen LogP contribution in [0.3, 0.4) is 0 Å². The average molecular weight is 535 g/mol. The Kier molecular flexibility index (Phi) is 9.30. The number of carbonyl (C=O) groups excluding carboxylic acids is 1. The van der Waals surface area contributed by atoms with Gasteiger partial charge in [0.15, 0.2) is 0 Å². The van der Waals surface area contributed by atoms with Gasteiger partial charge < -0.3 is 24.8 Å². The van der Waals surface area contributed by atoms with Crippen molar-refractivity contribution < 1.29 is 37.3 Å². The van der Waals surface area contributed by atoms with Crippen LogP contribution >= 0.6 is 0 Å². The number of ether oxygens (including phenoxy) is 2. The zero-order valence-corrected chi connectivity index (χ0v) is 21.0. The molecule has 1 spiro atoms. The van der Waals surface area contributed by atoms with Gasteiger partial charge in [-0.2, -0.15) is 18.4 Å². The highest BCUT2D eigenvalue weighted by Gasteiger charge is 2.44. The maximum absolute atomic E-state index is 13.2. The highest BCUT2D eigenvalue weighted by molar-refractivity contribution is 5.94. The van der Waals surface area contributed by atoms with E-state index in [2.05, 4.69) is 22.4 Å². The van der Waals surface area contributed by atoms with Crippen LogP contribution in [-0.2, 0) is 14.3 Å². The molecular formula is C26H29F3N4O5. The molecule has 0 bridgehead atoms. The van der Waals surface area contributed by atoms with Gasteiger partial charge in [0.2, 0.25) is 0 Å². The molecule has 2 aromatic rings. The minimum absolute atomic E-state index is 0.0114. The highest BCUT2D eigenvalue weighted by atomic mass is 19.4. The Balaban J connectivity index is 0.000000505. The fourth-order valence-corrected chi connectivity index (χ4v) is 4.40. The number of carbonyl (C=O) groups is 2. The van der Waals surface area contributed by atoms with Gasteiger partial charge in [0.05, 0.1) is 31.4 Å². The summed E-state index contributed by atoms with van der Waals surface area (Å²) in [6.45, 7) is 6.74. The number of benzene rings is 1. The lowest BCUT2D eigenvalue weighted by Crippen LogP contribution is -2.47. The third kappa shape index (κ3) is 7.90. The Labute approximate surface area is 218 Å². The number of amides is 1. The quantitative estimate of drug-likeness (QED) is 0.609. The summed E-state index contributed by atoms with van der Waals surface area (Å²) in [4.78, 5) is 28.2. The van der Waals surface area contributed by atoms with Crippen molar-refractivity contribution in [2.45, 2.75) is 44.6 Å². The van der Waals surface area contributed by atoms with E-state index in [-0.39, 0.29) is 12.0 Å². The molecular weight excluding hydrogens is 505 g/mol. The maximum Gasteiger partial charge on any atom is 0.490 e. The van der Waals surface area contributed by atoms with E-state index in [1.165, 1.54) is 0 Å². The molecule has 12 heteroatoms. The number of carboxylic acid groups (broad SMARTS) is 1. The number of aromatic nitrogens is 1. The smallest absolute Gasteiger partial charge is 0.475 e. The van der Waals surface area contributed by atoms with Crippen LogP contribution < -0.4 is 5.32 Å². The lowest BCUT2D eigenvalue weighted by atomic mass is 9.99. The molecule has 0 radical (unpaired) electrons. The summed E-state index contributed by atoms with van der Waals surface area (Å²) < 4.78 is 44.0. The molecule has 38 heavy (non-hydrogen) atoms. The summed E-state index contributed by atoms with van der Waals surface area (Å²) in [6, 6.07) is 11.6. The Bertz CT molecular complexity index is 1160. The van der Waals surface area contributed by atoms with E-state index < -0.39 is 17.7 Å². The normalized spacial score (nSPS) is 21.2. The molecule has 1 aromatic heterocycles. The van der Waals surface area contributed by atoms with Gasteiger partial charge in [-0.15, -0.1) is 0 Å². The number of halogens is 3. The van der Waals surface area contributed by atoms with E-state index in [0.29, 0.717) is 44.2 Å². The van der Waals surface area contributed by atoms with E-state index in [4.69, 9.17) is 24.6 Å². The predicted octanol–water partition coefficient (Wildman–Crippen LogP) is 3.71. The van der Waals surface area contributed by atoms with Gasteiger partial charge in [0, 0.05) is 24.8 Å². The maximum atomic E-state index is 13.2. The first kappa shape index (κ1) is 28.9. The van der Waals surface area contributed by atoms with Crippen LogP contribution in [0.5, 0.6) is 0 Å². The van der Waals surface area contributed by atoms with Gasteiger partial charge in [0.1, 0.15) is 17.5 Å². The molecule has 2 saturated heterocycles. The van der Waals surface area contributed by atoms with Crippen molar-refractivity contribution >= 4 is 17.7 Å². The molecule has 2 aliphatic heterocycles. The number of anilines is 1. The predicted molar refractivity (Wildman–Crippen MR) is 131 cm³/mol. The number of nitrogens with zero attached hydrogens (tertiary/aromatic N) is 3. The van der Waals surface area contributed by atoms with Gasteiger partial charge in [-0.1, -0.05) is 17.2 Å². The van der Waals surface area contributed by atoms with Crippen LogP contribution in [-0.4, -0.2) is 77.6 Å². The monoisotopic (exact) mass is 534 g/mol. The molecule has 0 aliphatic carbocycles. The van der Waals surface area contributed by atoms with E-state index in [1.807, 2.05) is 30.9 Å². The standard InChI is InChI=1S/C24H28N4O3.C2HF3O2/c1-17-9-18(2)11-20(10-17)23(29)28-7-8-30-16-24(15-28)6-5-21(31-24)14-27-22-4-3-19(12-25)13-26-22;3-2(4,5)1(6)7/h3-4,9-11,13,21H,5-8,14-16H2,1-2H3,(H,26,27);(H,6,7)/t21-,24-;/m0./s1. The Morgan fingerprint density at radius 2 is 1.95 bits per heavy atom. The third-order valence-corrected chi connectivity index (χ3v) is 6.09. The van der Waals surface area contributed by atoms with Crippen molar-refractivity contribution in [3.05, 3.63) is 58.8 Å². The van der Waals surface area contributed by atoms with Crippen LogP contribution in [0.15, 0.2) is 36.5 Å². The first-order chi connectivity index (χ1) is 17.9. The number of pyridine rings is 1. The van der Waals surface area contributed by atoms with Crippen molar-refractivity contribution in [1.29, 1.82) is 5.26 Å². The van der Waals surface area contributed by atoms with Crippen molar-refractivity contribution in [1.82, 2.24) is 9.88 Å². The summed E-state index contributed by atoms with van der Waals surface area (Å²) in [7, 11) is 0. The molecule has 0 saturated carbocycles. The molecule has 2 aliphatic rings. The zero-order chi connectivity index (χ0) is 27.9. The second-order valence-corrected chi connectivity index (χ2v) is 9.34. The number of nitriles is 1. The molecule has 204 valence electrons. The fraction of sp³-hybridized carbons (Fsp3) is 0.462. The van der Waals surface area contributed by atoms with Crippen LogP contribution in [0, 0.1) is 25.2 Å². The number of aryl methyl sites for hydroxylation is 2. The number of aliphatic carboxylic acids is 1. The van der Waals surface area contributed by atoms with E-state index >= 15 is 0 Å². The van der Waals surface area contributed by atoms with Crippen molar-refractivity contribution in [3.63, 3.8) is 0 Å². The van der Waals surface area contributed by atoms with Crippen LogP contribution in [0.25, 0.3) is 0 Å². The molecule has 1 amide bonds. The summed E-state index contributed by atoms with van der Waals surface area (Å²) >= 11 is 0. The van der Waals surface area contributed by atoms with Crippen molar-refractivity contribution in [2.24, 2.45) is 0 Å². The molecule has 2 N–H and O–H groups in total. The molecule has 2 fully saturated rings. The van der Waals surface area contributed by atoms with Gasteiger partial charge in [-0.05, 0) is 51.0 Å². The second kappa shape index (κ2) is 12.2. The third-order valence-electron chi connectivity index (χ3n) is 6.09.